The maximum Gasteiger partial charge on any atom is 0.306 e. The van der Waals surface area contributed by atoms with Gasteiger partial charge < -0.3 is 14.2 Å². The highest BCUT2D eigenvalue weighted by molar-refractivity contribution is 5.71. The molecule has 0 bridgehead atoms. The summed E-state index contributed by atoms with van der Waals surface area (Å²) in [7, 11) is 0. The Morgan fingerprint density at radius 2 is 0.585 bits per heavy atom. The van der Waals surface area contributed by atoms with Crippen LogP contribution >= 0.6 is 0 Å². The third kappa shape index (κ3) is 51.7. The van der Waals surface area contributed by atoms with Crippen molar-refractivity contribution in [3.63, 3.8) is 0 Å². The summed E-state index contributed by atoms with van der Waals surface area (Å²) in [6, 6.07) is 0. The highest BCUT2D eigenvalue weighted by Crippen LogP contribution is 2.14. The molecule has 1 unspecified atom stereocenters. The maximum absolute atomic E-state index is 12.8. The number of allylic oxidation sites excluding steroid dienone is 12. The molecule has 0 aromatic rings. The van der Waals surface area contributed by atoms with E-state index in [0.29, 0.717) is 19.3 Å². The molecule has 0 rings (SSSR count). The summed E-state index contributed by atoms with van der Waals surface area (Å²) >= 11 is 0. The van der Waals surface area contributed by atoms with Gasteiger partial charge in [0.15, 0.2) is 6.10 Å². The lowest BCUT2D eigenvalue weighted by Crippen LogP contribution is -2.30. The van der Waals surface area contributed by atoms with Gasteiger partial charge in [0.05, 0.1) is 0 Å². The highest BCUT2D eigenvalue weighted by Gasteiger charge is 2.19. The van der Waals surface area contributed by atoms with Gasteiger partial charge in [-0.1, -0.05) is 229 Å². The lowest BCUT2D eigenvalue weighted by atomic mass is 10.1. The van der Waals surface area contributed by atoms with Crippen LogP contribution in [0.25, 0.3) is 0 Å². The van der Waals surface area contributed by atoms with Crippen LogP contribution in [0.1, 0.15) is 265 Å². The van der Waals surface area contributed by atoms with E-state index in [0.717, 1.165) is 109 Å². The van der Waals surface area contributed by atoms with Crippen molar-refractivity contribution in [1.29, 1.82) is 0 Å². The lowest BCUT2D eigenvalue weighted by Gasteiger charge is -2.18. The fraction of sp³-hybridized carbons (Fsp3) is 0.746. The van der Waals surface area contributed by atoms with E-state index < -0.39 is 6.10 Å². The first-order valence-corrected chi connectivity index (χ1v) is 27.5. The first-order valence-electron chi connectivity index (χ1n) is 27.5. The molecule has 0 aliphatic rings. The smallest absolute Gasteiger partial charge is 0.306 e. The van der Waals surface area contributed by atoms with E-state index in [4.69, 9.17) is 14.2 Å². The van der Waals surface area contributed by atoms with Crippen LogP contribution in [0.5, 0.6) is 0 Å². The zero-order valence-corrected chi connectivity index (χ0v) is 42.7. The molecule has 1 atom stereocenters. The van der Waals surface area contributed by atoms with Gasteiger partial charge >= 0.3 is 17.9 Å². The molecule has 0 saturated carbocycles. The molecular formula is C59H102O6. The van der Waals surface area contributed by atoms with Crippen LogP contribution in [0.15, 0.2) is 72.9 Å². The van der Waals surface area contributed by atoms with Crippen molar-refractivity contribution in [3.05, 3.63) is 72.9 Å². The Morgan fingerprint density at radius 1 is 0.308 bits per heavy atom. The molecule has 0 N–H and O–H groups in total. The quantitative estimate of drug-likeness (QED) is 0.0199. The third-order valence-electron chi connectivity index (χ3n) is 11.7. The van der Waals surface area contributed by atoms with Gasteiger partial charge in [-0.15, -0.1) is 0 Å². The van der Waals surface area contributed by atoms with E-state index in [9.17, 15) is 14.4 Å². The van der Waals surface area contributed by atoms with Crippen LogP contribution in [-0.2, 0) is 28.6 Å². The molecule has 0 radical (unpaired) electrons. The second-order valence-corrected chi connectivity index (χ2v) is 18.2. The number of ether oxygens (including phenoxy) is 3. The molecule has 6 heteroatoms. The van der Waals surface area contributed by atoms with Crippen molar-refractivity contribution in [2.75, 3.05) is 13.2 Å². The molecule has 0 heterocycles. The number of esters is 3. The zero-order chi connectivity index (χ0) is 47.2. The Kier molecular flexibility index (Phi) is 50.9. The summed E-state index contributed by atoms with van der Waals surface area (Å²) in [6.07, 6.45) is 67.5. The molecule has 65 heavy (non-hydrogen) atoms. The number of carbonyl (C=O) groups excluding carboxylic acids is 3. The van der Waals surface area contributed by atoms with E-state index in [2.05, 4.69) is 93.7 Å². The highest BCUT2D eigenvalue weighted by atomic mass is 16.6. The first-order chi connectivity index (χ1) is 32.0. The van der Waals surface area contributed by atoms with Gasteiger partial charge in [-0.3, -0.25) is 14.4 Å². The van der Waals surface area contributed by atoms with Gasteiger partial charge in [0.2, 0.25) is 0 Å². The van der Waals surface area contributed by atoms with Crippen molar-refractivity contribution < 1.29 is 28.6 Å². The predicted octanol–water partition coefficient (Wildman–Crippen LogP) is 18.2. The number of unbranched alkanes of at least 4 members (excludes halogenated alkanes) is 29. The van der Waals surface area contributed by atoms with Crippen molar-refractivity contribution in [2.24, 2.45) is 0 Å². The van der Waals surface area contributed by atoms with E-state index in [-0.39, 0.29) is 31.1 Å². The van der Waals surface area contributed by atoms with E-state index >= 15 is 0 Å². The molecule has 0 aromatic heterocycles. The van der Waals surface area contributed by atoms with Crippen molar-refractivity contribution in [3.8, 4) is 0 Å². The average molecular weight is 907 g/mol. The number of hydrogen-bond donors (Lipinski definition) is 0. The largest absolute Gasteiger partial charge is 0.462 e. The minimum atomic E-state index is -0.799. The SMILES string of the molecule is CCCC/C=C\C=C/CCCCCC(=O)OCC(COC(=O)CCCCCCC\C=C/C=C\C=C/CCCCCCC)OC(=O)CCCCCCC/C=C\CCCCCCCCCCC. The molecule has 0 aromatic carbocycles. The summed E-state index contributed by atoms with van der Waals surface area (Å²) in [5, 5.41) is 0. The summed E-state index contributed by atoms with van der Waals surface area (Å²) in [6.45, 7) is 6.53. The van der Waals surface area contributed by atoms with Crippen molar-refractivity contribution in [2.45, 2.75) is 271 Å². The van der Waals surface area contributed by atoms with E-state index in [1.54, 1.807) is 0 Å². The summed E-state index contributed by atoms with van der Waals surface area (Å²) < 4.78 is 16.8. The van der Waals surface area contributed by atoms with Gasteiger partial charge in [0, 0.05) is 19.3 Å². The standard InChI is InChI=1S/C59H102O6/c1-4-7-10-13-16-19-22-24-26-28-30-32-34-37-40-43-46-49-52-58(61)64-55-56(54-63-57(60)51-48-45-42-39-36-21-18-15-12-9-6-3)65-59(62)53-50-47-44-41-38-35-33-31-29-27-25-23-20-17-14-11-8-5-2/h15,18,21-22,24,26,28,30-33,36,56H,4-14,16-17,19-20,23,25,27,29,34-35,37-55H2,1-3H3/b18-15-,24-22-,28-26-,32-30-,33-31-,36-21-. The van der Waals surface area contributed by atoms with Gasteiger partial charge in [-0.2, -0.15) is 0 Å². The molecule has 0 spiro atoms. The van der Waals surface area contributed by atoms with Gasteiger partial charge in [-0.05, 0) is 89.9 Å². The van der Waals surface area contributed by atoms with Crippen LogP contribution in [0.4, 0.5) is 0 Å². The van der Waals surface area contributed by atoms with Crippen LogP contribution in [0, 0.1) is 0 Å². The maximum atomic E-state index is 12.8. The molecule has 0 fully saturated rings. The van der Waals surface area contributed by atoms with E-state index in [1.165, 1.54) is 116 Å². The van der Waals surface area contributed by atoms with Gasteiger partial charge in [-0.25, -0.2) is 0 Å². The first kappa shape index (κ1) is 61.9. The van der Waals surface area contributed by atoms with Crippen molar-refractivity contribution >= 4 is 17.9 Å². The summed E-state index contributed by atoms with van der Waals surface area (Å²) in [5.41, 5.74) is 0. The molecular weight excluding hydrogens is 805 g/mol. The minimum Gasteiger partial charge on any atom is -0.462 e. The molecule has 0 aliphatic carbocycles. The Morgan fingerprint density at radius 3 is 0.969 bits per heavy atom. The summed E-state index contributed by atoms with van der Waals surface area (Å²) in [4.78, 5) is 38.0. The van der Waals surface area contributed by atoms with Crippen LogP contribution in [0.3, 0.4) is 0 Å². The monoisotopic (exact) mass is 907 g/mol. The number of hydrogen-bond acceptors (Lipinski definition) is 6. The average Bonchev–Trinajstić information content (AvgIpc) is 3.30. The van der Waals surface area contributed by atoms with Crippen LogP contribution in [0.2, 0.25) is 0 Å². The second kappa shape index (κ2) is 53.5. The second-order valence-electron chi connectivity index (χ2n) is 18.2. The summed E-state index contributed by atoms with van der Waals surface area (Å²) in [5.74, 6) is -0.949. The fourth-order valence-corrected chi connectivity index (χ4v) is 7.53. The van der Waals surface area contributed by atoms with Crippen molar-refractivity contribution in [1.82, 2.24) is 0 Å². The topological polar surface area (TPSA) is 78.9 Å². The number of carbonyl (C=O) groups is 3. The Balaban J connectivity index is 4.42. The molecule has 6 nitrogen and oxygen atoms in total. The van der Waals surface area contributed by atoms with Crippen LogP contribution in [-0.4, -0.2) is 37.2 Å². The normalized spacial score (nSPS) is 12.6. The van der Waals surface area contributed by atoms with Gasteiger partial charge in [0.1, 0.15) is 13.2 Å². The minimum absolute atomic E-state index is 0.0979. The lowest BCUT2D eigenvalue weighted by molar-refractivity contribution is -0.167. The van der Waals surface area contributed by atoms with Gasteiger partial charge in [0.25, 0.3) is 0 Å². The predicted molar refractivity (Wildman–Crippen MR) is 279 cm³/mol. The van der Waals surface area contributed by atoms with Crippen LogP contribution < -0.4 is 0 Å². The number of rotatable bonds is 49. The molecule has 0 amide bonds. The van der Waals surface area contributed by atoms with E-state index in [1.807, 2.05) is 0 Å². The Hall–Kier alpha value is -3.15. The Labute approximate surface area is 402 Å². The fourth-order valence-electron chi connectivity index (χ4n) is 7.53. The zero-order valence-electron chi connectivity index (χ0n) is 42.7. The Bertz CT molecular complexity index is 1230. The molecule has 374 valence electrons. The third-order valence-corrected chi connectivity index (χ3v) is 11.7. The molecule has 0 saturated heterocycles. The molecule has 0 aliphatic heterocycles.